The number of rotatable bonds is 3. The third-order valence-electron chi connectivity index (χ3n) is 2.60. The van der Waals surface area contributed by atoms with Crippen LogP contribution in [-0.4, -0.2) is 43.7 Å². The molecule has 1 aromatic rings. The highest BCUT2D eigenvalue weighted by Crippen LogP contribution is 2.31. The molecule has 1 fully saturated rings. The molecule has 0 aromatic carbocycles. The predicted octanol–water partition coefficient (Wildman–Crippen LogP) is -0.761. The van der Waals surface area contributed by atoms with Gasteiger partial charge >= 0.3 is 5.69 Å². The summed E-state index contributed by atoms with van der Waals surface area (Å²) in [4.78, 5) is 19.9. The lowest BCUT2D eigenvalue weighted by Gasteiger charge is -2.26. The number of nitrogens with zero attached hydrogens (tertiary/aromatic N) is 4. The van der Waals surface area contributed by atoms with Gasteiger partial charge in [-0.25, -0.2) is 15.8 Å². The summed E-state index contributed by atoms with van der Waals surface area (Å²) in [5.74, 6) is 6.33. The van der Waals surface area contributed by atoms with E-state index in [0.29, 0.717) is 24.6 Å². The molecule has 0 bridgehead atoms. The smallest absolute Gasteiger partial charge is 0.349 e. The second-order valence-electron chi connectivity index (χ2n) is 3.63. The first kappa shape index (κ1) is 12.6. The SMILES string of the molecule is NNc1ncnc(N2CCS(=O)CC2)c1[N+](=O)[O-]. The van der Waals surface area contributed by atoms with Crippen LogP contribution in [0.5, 0.6) is 0 Å². The summed E-state index contributed by atoms with van der Waals surface area (Å²) in [6.07, 6.45) is 1.21. The number of nitrogens with two attached hydrogens (primary N) is 1. The minimum Gasteiger partial charge on any atom is -0.349 e. The third kappa shape index (κ3) is 2.38. The molecule has 2 heterocycles. The van der Waals surface area contributed by atoms with Crippen LogP contribution in [0.2, 0.25) is 0 Å². The number of hydrogen-bond acceptors (Lipinski definition) is 8. The molecule has 1 aliphatic heterocycles. The molecule has 0 atom stereocenters. The van der Waals surface area contributed by atoms with Gasteiger partial charge in [0.15, 0.2) is 0 Å². The van der Waals surface area contributed by atoms with Gasteiger partial charge in [-0.1, -0.05) is 0 Å². The first-order valence-electron chi connectivity index (χ1n) is 5.19. The molecule has 0 unspecified atom stereocenters. The summed E-state index contributed by atoms with van der Waals surface area (Å²) in [6, 6.07) is 0. The van der Waals surface area contributed by atoms with E-state index in [-0.39, 0.29) is 17.3 Å². The van der Waals surface area contributed by atoms with Crippen molar-refractivity contribution in [2.75, 3.05) is 34.9 Å². The molecule has 9 nitrogen and oxygen atoms in total. The van der Waals surface area contributed by atoms with Crippen molar-refractivity contribution in [2.45, 2.75) is 0 Å². The Balaban J connectivity index is 2.37. The van der Waals surface area contributed by atoms with Crippen LogP contribution in [0.1, 0.15) is 0 Å². The summed E-state index contributed by atoms with van der Waals surface area (Å²) in [5, 5.41) is 11.1. The zero-order valence-corrected chi connectivity index (χ0v) is 10.2. The second kappa shape index (κ2) is 5.23. The van der Waals surface area contributed by atoms with Crippen molar-refractivity contribution < 1.29 is 9.13 Å². The number of nitrogen functional groups attached to an aromatic ring is 1. The lowest BCUT2D eigenvalue weighted by atomic mass is 10.3. The minimum absolute atomic E-state index is 0.0308. The Kier molecular flexibility index (Phi) is 3.67. The van der Waals surface area contributed by atoms with Crippen molar-refractivity contribution >= 4 is 28.1 Å². The summed E-state index contributed by atoms with van der Waals surface area (Å²) in [7, 11) is -0.854. The van der Waals surface area contributed by atoms with E-state index in [1.54, 1.807) is 4.90 Å². The van der Waals surface area contributed by atoms with Crippen LogP contribution in [-0.2, 0) is 10.8 Å². The van der Waals surface area contributed by atoms with Crippen molar-refractivity contribution in [3.05, 3.63) is 16.4 Å². The molecule has 18 heavy (non-hydrogen) atoms. The molecule has 0 radical (unpaired) electrons. The Bertz CT molecular complexity index is 486. The quantitative estimate of drug-likeness (QED) is 0.417. The second-order valence-corrected chi connectivity index (χ2v) is 5.33. The summed E-state index contributed by atoms with van der Waals surface area (Å²) in [6.45, 7) is 0.933. The molecule has 10 heteroatoms. The highest BCUT2D eigenvalue weighted by Gasteiger charge is 2.28. The van der Waals surface area contributed by atoms with Crippen molar-refractivity contribution in [3.63, 3.8) is 0 Å². The number of anilines is 2. The first-order chi connectivity index (χ1) is 8.63. The van der Waals surface area contributed by atoms with Crippen LogP contribution in [0.15, 0.2) is 6.33 Å². The highest BCUT2D eigenvalue weighted by molar-refractivity contribution is 7.85. The maximum absolute atomic E-state index is 11.3. The molecule has 98 valence electrons. The summed E-state index contributed by atoms with van der Waals surface area (Å²) in [5.41, 5.74) is 1.93. The fraction of sp³-hybridized carbons (Fsp3) is 0.500. The Morgan fingerprint density at radius 3 is 2.67 bits per heavy atom. The number of nitro groups is 1. The minimum atomic E-state index is -0.854. The van der Waals surface area contributed by atoms with Crippen molar-refractivity contribution in [3.8, 4) is 0 Å². The molecule has 2 rings (SSSR count). The zero-order valence-electron chi connectivity index (χ0n) is 9.40. The van der Waals surface area contributed by atoms with E-state index in [1.165, 1.54) is 6.33 Å². The predicted molar refractivity (Wildman–Crippen MR) is 66.6 cm³/mol. The van der Waals surface area contributed by atoms with Gasteiger partial charge in [-0.2, -0.15) is 0 Å². The van der Waals surface area contributed by atoms with E-state index in [1.807, 2.05) is 0 Å². The van der Waals surface area contributed by atoms with E-state index in [2.05, 4.69) is 15.4 Å². The standard InChI is InChI=1S/C8H12N6O3S/c9-12-7-6(14(15)16)8(11-5-10-7)13-1-3-18(17)4-2-13/h5H,1-4,9H2,(H,10,11,12). The third-order valence-corrected chi connectivity index (χ3v) is 3.88. The van der Waals surface area contributed by atoms with E-state index in [9.17, 15) is 14.3 Å². The van der Waals surface area contributed by atoms with E-state index < -0.39 is 15.7 Å². The highest BCUT2D eigenvalue weighted by atomic mass is 32.2. The maximum Gasteiger partial charge on any atom is 0.354 e. The Morgan fingerprint density at radius 2 is 2.11 bits per heavy atom. The summed E-state index contributed by atoms with van der Waals surface area (Å²) >= 11 is 0. The molecule has 0 amide bonds. The molecular formula is C8H12N6O3S. The van der Waals surface area contributed by atoms with Gasteiger partial charge in [0.2, 0.25) is 11.6 Å². The maximum atomic E-state index is 11.3. The van der Waals surface area contributed by atoms with Crippen molar-refractivity contribution in [2.24, 2.45) is 5.84 Å². The molecule has 3 N–H and O–H groups in total. The van der Waals surface area contributed by atoms with Gasteiger partial charge < -0.3 is 10.3 Å². The fourth-order valence-corrected chi connectivity index (χ4v) is 2.78. The van der Waals surface area contributed by atoms with Crippen LogP contribution in [0, 0.1) is 10.1 Å². The molecule has 1 aromatic heterocycles. The molecule has 0 aliphatic carbocycles. The topological polar surface area (TPSA) is 127 Å². The zero-order chi connectivity index (χ0) is 13.1. The van der Waals surface area contributed by atoms with Crippen LogP contribution >= 0.6 is 0 Å². The summed E-state index contributed by atoms with van der Waals surface area (Å²) < 4.78 is 11.3. The van der Waals surface area contributed by atoms with E-state index >= 15 is 0 Å². The van der Waals surface area contributed by atoms with Crippen LogP contribution in [0.25, 0.3) is 0 Å². The molecule has 1 aliphatic rings. The lowest BCUT2D eigenvalue weighted by molar-refractivity contribution is -0.383. The van der Waals surface area contributed by atoms with Gasteiger partial charge in [0, 0.05) is 35.4 Å². The average Bonchev–Trinajstić information content (AvgIpc) is 2.38. The molecule has 1 saturated heterocycles. The van der Waals surface area contributed by atoms with Gasteiger partial charge in [0.1, 0.15) is 6.33 Å². The van der Waals surface area contributed by atoms with Gasteiger partial charge in [-0.3, -0.25) is 14.3 Å². The number of hydrogen-bond donors (Lipinski definition) is 2. The monoisotopic (exact) mass is 272 g/mol. The van der Waals surface area contributed by atoms with Gasteiger partial charge in [0.25, 0.3) is 0 Å². The van der Waals surface area contributed by atoms with E-state index in [4.69, 9.17) is 5.84 Å². The van der Waals surface area contributed by atoms with Crippen LogP contribution in [0.4, 0.5) is 17.3 Å². The normalized spacial score (nSPS) is 16.6. The van der Waals surface area contributed by atoms with Gasteiger partial charge in [-0.05, 0) is 0 Å². The van der Waals surface area contributed by atoms with Crippen LogP contribution in [0.3, 0.4) is 0 Å². The Morgan fingerprint density at radius 1 is 1.44 bits per heavy atom. The van der Waals surface area contributed by atoms with Gasteiger partial charge in [-0.15, -0.1) is 0 Å². The van der Waals surface area contributed by atoms with Gasteiger partial charge in [0.05, 0.1) is 4.92 Å². The van der Waals surface area contributed by atoms with Crippen molar-refractivity contribution in [1.29, 1.82) is 0 Å². The number of aromatic nitrogens is 2. The number of hydrazine groups is 1. The molecule has 0 spiro atoms. The molecular weight excluding hydrogens is 260 g/mol. The average molecular weight is 272 g/mol. The van der Waals surface area contributed by atoms with Crippen molar-refractivity contribution in [1.82, 2.24) is 9.97 Å². The number of nitrogens with one attached hydrogen (secondary N) is 1. The Labute approximate surface area is 105 Å². The largest absolute Gasteiger partial charge is 0.354 e. The fourth-order valence-electron chi connectivity index (χ4n) is 1.72. The lowest BCUT2D eigenvalue weighted by Crippen LogP contribution is -2.38. The van der Waals surface area contributed by atoms with Crippen LogP contribution < -0.4 is 16.2 Å². The first-order valence-corrected chi connectivity index (χ1v) is 6.68. The Hall–Kier alpha value is -1.81. The van der Waals surface area contributed by atoms with E-state index in [0.717, 1.165) is 0 Å². The molecule has 0 saturated carbocycles.